The van der Waals surface area contributed by atoms with E-state index in [1.54, 1.807) is 12.0 Å². The third-order valence-electron chi connectivity index (χ3n) is 5.68. The quantitative estimate of drug-likeness (QED) is 0.676. The van der Waals surface area contributed by atoms with Gasteiger partial charge in [0, 0.05) is 45.0 Å². The zero-order valence-electron chi connectivity index (χ0n) is 17.8. The van der Waals surface area contributed by atoms with Crippen molar-refractivity contribution in [1.82, 2.24) is 4.90 Å². The maximum absolute atomic E-state index is 14.6. The van der Waals surface area contributed by atoms with Crippen LogP contribution in [0.1, 0.15) is 45.6 Å². The van der Waals surface area contributed by atoms with E-state index in [0.717, 1.165) is 19.3 Å². The highest BCUT2D eigenvalue weighted by Crippen LogP contribution is 2.41. The molecule has 0 spiro atoms. The Hall–Kier alpha value is -1.89. The van der Waals surface area contributed by atoms with Gasteiger partial charge in [0.25, 0.3) is 0 Å². The molecule has 1 fully saturated rings. The Bertz CT molecular complexity index is 736. The van der Waals surface area contributed by atoms with Gasteiger partial charge in [-0.2, -0.15) is 0 Å². The number of ether oxygens (including phenoxy) is 2. The molecule has 2 aliphatic rings. The predicted molar refractivity (Wildman–Crippen MR) is 108 cm³/mol. The van der Waals surface area contributed by atoms with Crippen LogP contribution in [0.15, 0.2) is 12.1 Å². The maximum atomic E-state index is 14.6. The summed E-state index contributed by atoms with van der Waals surface area (Å²) in [5.41, 5.74) is 0.272. The van der Waals surface area contributed by atoms with Gasteiger partial charge in [-0.3, -0.25) is 0 Å². The van der Waals surface area contributed by atoms with Crippen LogP contribution in [0, 0.1) is 17.6 Å². The summed E-state index contributed by atoms with van der Waals surface area (Å²) in [7, 11) is 1.63. The van der Waals surface area contributed by atoms with E-state index in [1.807, 2.05) is 25.7 Å². The first-order valence-electron chi connectivity index (χ1n) is 10.4. The van der Waals surface area contributed by atoms with E-state index < -0.39 is 5.60 Å². The Morgan fingerprint density at radius 3 is 2.66 bits per heavy atom. The molecule has 0 aliphatic carbocycles. The van der Waals surface area contributed by atoms with E-state index >= 15 is 0 Å². The van der Waals surface area contributed by atoms with Crippen LogP contribution in [0.25, 0.3) is 0 Å². The number of amides is 1. The molecule has 0 bridgehead atoms. The molecule has 5 nitrogen and oxygen atoms in total. The number of likely N-dealkylation sites (tertiary alicyclic amines) is 1. The lowest BCUT2D eigenvalue weighted by Gasteiger charge is -2.40. The Balaban J connectivity index is 1.79. The summed E-state index contributed by atoms with van der Waals surface area (Å²) >= 11 is 0. The summed E-state index contributed by atoms with van der Waals surface area (Å²) in [5, 5.41) is 0. The van der Waals surface area contributed by atoms with Gasteiger partial charge in [0.2, 0.25) is 0 Å². The lowest BCUT2D eigenvalue weighted by atomic mass is 9.88. The number of rotatable bonds is 5. The number of fused-ring (bicyclic) bond motifs is 1. The molecule has 0 aromatic heterocycles. The minimum atomic E-state index is -0.550. The van der Waals surface area contributed by atoms with E-state index in [2.05, 4.69) is 0 Å². The van der Waals surface area contributed by atoms with Gasteiger partial charge in [-0.25, -0.2) is 13.6 Å². The molecule has 2 heterocycles. The number of hydrogen-bond acceptors (Lipinski definition) is 4. The molecule has 1 aromatic rings. The number of methoxy groups -OCH3 is 1. The van der Waals surface area contributed by atoms with Gasteiger partial charge in [-0.1, -0.05) is 0 Å². The second-order valence-electron chi connectivity index (χ2n) is 9.00. The minimum absolute atomic E-state index is 0.0431. The largest absolute Gasteiger partial charge is 0.444 e. The summed E-state index contributed by atoms with van der Waals surface area (Å²) in [6.45, 7) is 7.89. The maximum Gasteiger partial charge on any atom is 0.410 e. The van der Waals surface area contributed by atoms with Crippen molar-refractivity contribution in [2.24, 2.45) is 5.92 Å². The number of carbonyl (C=O) groups is 1. The Labute approximate surface area is 171 Å². The second-order valence-corrected chi connectivity index (χ2v) is 9.00. The van der Waals surface area contributed by atoms with Crippen molar-refractivity contribution >= 4 is 11.8 Å². The first kappa shape index (κ1) is 21.8. The van der Waals surface area contributed by atoms with Crippen molar-refractivity contribution in [3.8, 4) is 0 Å². The molecule has 2 atom stereocenters. The first-order valence-corrected chi connectivity index (χ1v) is 10.4. The standard InChI is InChI=1S/C22H32F2N2O3/c1-22(2,3)29-21(27)25-10-5-7-15(14-25)19-13-16-17(23)8-9-18(24)20(16)26(19)11-6-12-28-4/h8-9,15,19H,5-7,10-14H2,1-4H3. The fraction of sp³-hybridized carbons (Fsp3) is 0.682. The Morgan fingerprint density at radius 1 is 1.24 bits per heavy atom. The van der Waals surface area contributed by atoms with E-state index in [-0.39, 0.29) is 29.7 Å². The van der Waals surface area contributed by atoms with Crippen molar-refractivity contribution in [2.75, 3.05) is 38.3 Å². The lowest BCUT2D eigenvalue weighted by molar-refractivity contribution is 0.0152. The number of piperidine rings is 1. The SMILES string of the molecule is COCCCN1c2c(F)ccc(F)c2CC1C1CCCN(C(=O)OC(C)(C)C)C1. The van der Waals surface area contributed by atoms with Crippen molar-refractivity contribution < 1.29 is 23.0 Å². The van der Waals surface area contributed by atoms with Gasteiger partial charge in [0.15, 0.2) is 0 Å². The molecule has 2 unspecified atom stereocenters. The fourth-order valence-corrected chi connectivity index (χ4v) is 4.47. The number of nitrogens with zero attached hydrogens (tertiary/aromatic N) is 2. The lowest BCUT2D eigenvalue weighted by Crippen LogP contribution is -2.49. The second kappa shape index (κ2) is 8.86. The van der Waals surface area contributed by atoms with Crippen LogP contribution in [0.5, 0.6) is 0 Å². The Kier molecular flexibility index (Phi) is 6.66. The van der Waals surface area contributed by atoms with Gasteiger partial charge in [-0.15, -0.1) is 0 Å². The molecule has 2 aliphatic heterocycles. The van der Waals surface area contributed by atoms with Crippen LogP contribution < -0.4 is 4.90 Å². The van der Waals surface area contributed by atoms with E-state index in [4.69, 9.17) is 9.47 Å². The number of hydrogen-bond donors (Lipinski definition) is 0. The monoisotopic (exact) mass is 410 g/mol. The highest BCUT2D eigenvalue weighted by Gasteiger charge is 2.40. The van der Waals surface area contributed by atoms with Gasteiger partial charge in [-0.05, 0) is 64.5 Å². The van der Waals surface area contributed by atoms with Crippen molar-refractivity contribution in [3.05, 3.63) is 29.3 Å². The smallest absolute Gasteiger partial charge is 0.410 e. The van der Waals surface area contributed by atoms with Gasteiger partial charge < -0.3 is 19.3 Å². The molecule has 1 aromatic carbocycles. The van der Waals surface area contributed by atoms with E-state index in [0.29, 0.717) is 43.9 Å². The topological polar surface area (TPSA) is 42.0 Å². The van der Waals surface area contributed by atoms with Gasteiger partial charge in [0.1, 0.15) is 17.2 Å². The molecule has 1 saturated heterocycles. The summed E-state index contributed by atoms with van der Waals surface area (Å²) in [5.74, 6) is -0.619. The molecule has 3 rings (SSSR count). The predicted octanol–water partition coefficient (Wildman–Crippen LogP) is 4.38. The molecule has 0 radical (unpaired) electrons. The number of anilines is 1. The average molecular weight is 411 g/mol. The van der Waals surface area contributed by atoms with Gasteiger partial charge in [0.05, 0.1) is 5.69 Å². The van der Waals surface area contributed by atoms with Crippen molar-refractivity contribution in [3.63, 3.8) is 0 Å². The van der Waals surface area contributed by atoms with Crippen LogP contribution in [0.4, 0.5) is 19.3 Å². The molecular formula is C22H32F2N2O3. The molecular weight excluding hydrogens is 378 g/mol. The highest BCUT2D eigenvalue weighted by molar-refractivity contribution is 5.68. The zero-order valence-corrected chi connectivity index (χ0v) is 17.8. The van der Waals surface area contributed by atoms with Crippen LogP contribution in [-0.4, -0.2) is 56.0 Å². The minimum Gasteiger partial charge on any atom is -0.444 e. The molecule has 29 heavy (non-hydrogen) atoms. The molecule has 1 amide bonds. The number of benzene rings is 1. The van der Waals surface area contributed by atoms with Crippen molar-refractivity contribution in [1.29, 1.82) is 0 Å². The molecule has 0 saturated carbocycles. The highest BCUT2D eigenvalue weighted by atomic mass is 19.1. The molecule has 7 heteroatoms. The number of carbonyl (C=O) groups excluding carboxylic acids is 1. The summed E-state index contributed by atoms with van der Waals surface area (Å²) in [6.07, 6.45) is 2.64. The first-order chi connectivity index (χ1) is 13.7. The summed E-state index contributed by atoms with van der Waals surface area (Å²) in [6, 6.07) is 2.37. The van der Waals surface area contributed by atoms with Crippen molar-refractivity contribution in [2.45, 2.75) is 58.1 Å². The van der Waals surface area contributed by atoms with Crippen LogP contribution >= 0.6 is 0 Å². The van der Waals surface area contributed by atoms with Crippen LogP contribution in [-0.2, 0) is 15.9 Å². The average Bonchev–Trinajstić information content (AvgIpc) is 3.05. The van der Waals surface area contributed by atoms with Crippen LogP contribution in [0.3, 0.4) is 0 Å². The molecule has 162 valence electrons. The summed E-state index contributed by atoms with van der Waals surface area (Å²) < 4.78 is 39.8. The van der Waals surface area contributed by atoms with Crippen LogP contribution in [0.2, 0.25) is 0 Å². The summed E-state index contributed by atoms with van der Waals surface area (Å²) in [4.78, 5) is 16.3. The fourth-order valence-electron chi connectivity index (χ4n) is 4.47. The normalized spacial score (nSPS) is 22.0. The van der Waals surface area contributed by atoms with E-state index in [9.17, 15) is 13.6 Å². The van der Waals surface area contributed by atoms with E-state index in [1.165, 1.54) is 12.1 Å². The third kappa shape index (κ3) is 5.00. The third-order valence-corrected chi connectivity index (χ3v) is 5.68. The Morgan fingerprint density at radius 2 is 1.97 bits per heavy atom. The zero-order chi connectivity index (χ0) is 21.2. The molecule has 0 N–H and O–H groups in total. The number of halogens is 2. The van der Waals surface area contributed by atoms with Gasteiger partial charge >= 0.3 is 6.09 Å².